The van der Waals surface area contributed by atoms with Crippen LogP contribution in [0, 0.1) is 6.92 Å². The third-order valence-corrected chi connectivity index (χ3v) is 5.20. The lowest BCUT2D eigenvalue weighted by Gasteiger charge is -2.12. The Morgan fingerprint density at radius 2 is 1.70 bits per heavy atom. The van der Waals surface area contributed by atoms with Gasteiger partial charge < -0.3 is 5.73 Å². The van der Waals surface area contributed by atoms with E-state index in [9.17, 15) is 8.42 Å². The summed E-state index contributed by atoms with van der Waals surface area (Å²) in [4.78, 5) is 0.216. The van der Waals surface area contributed by atoms with Gasteiger partial charge in [0.2, 0.25) is 0 Å². The molecule has 0 radical (unpaired) electrons. The van der Waals surface area contributed by atoms with E-state index in [4.69, 9.17) is 5.73 Å². The van der Waals surface area contributed by atoms with Gasteiger partial charge in [-0.15, -0.1) is 0 Å². The van der Waals surface area contributed by atoms with Crippen molar-refractivity contribution in [3.8, 4) is 0 Å². The largest absolute Gasteiger partial charge is 0.399 e. The first-order chi connectivity index (χ1) is 9.29. The van der Waals surface area contributed by atoms with Crippen molar-refractivity contribution < 1.29 is 8.42 Å². The van der Waals surface area contributed by atoms with Crippen LogP contribution in [0.25, 0.3) is 0 Å². The van der Waals surface area contributed by atoms with Crippen molar-refractivity contribution in [2.24, 2.45) is 0 Å². The van der Waals surface area contributed by atoms with Crippen molar-refractivity contribution in [3.63, 3.8) is 0 Å². The summed E-state index contributed by atoms with van der Waals surface area (Å²) in [6.07, 6.45) is 0. The van der Waals surface area contributed by atoms with Crippen molar-refractivity contribution in [3.05, 3.63) is 50.9 Å². The second kappa shape index (κ2) is 5.75. The lowest BCUT2D eigenvalue weighted by Crippen LogP contribution is -2.14. The van der Waals surface area contributed by atoms with E-state index in [1.165, 1.54) is 0 Å². The van der Waals surface area contributed by atoms with Gasteiger partial charge in [0.15, 0.2) is 0 Å². The highest BCUT2D eigenvalue weighted by Gasteiger charge is 2.17. The molecule has 3 N–H and O–H groups in total. The van der Waals surface area contributed by atoms with Crippen LogP contribution in [0.2, 0.25) is 0 Å². The summed E-state index contributed by atoms with van der Waals surface area (Å²) in [5.74, 6) is 0. The van der Waals surface area contributed by atoms with Gasteiger partial charge in [0.25, 0.3) is 10.0 Å². The molecule has 0 unspecified atom stereocenters. The van der Waals surface area contributed by atoms with Crippen LogP contribution in [0.5, 0.6) is 0 Å². The Labute approximate surface area is 134 Å². The molecule has 0 aliphatic carbocycles. The maximum Gasteiger partial charge on any atom is 0.261 e. The smallest absolute Gasteiger partial charge is 0.261 e. The maximum atomic E-state index is 12.4. The molecule has 0 saturated carbocycles. The van der Waals surface area contributed by atoms with Crippen LogP contribution in [-0.4, -0.2) is 8.42 Å². The normalized spacial score (nSPS) is 11.3. The number of nitrogens with one attached hydrogen (secondary N) is 1. The van der Waals surface area contributed by atoms with E-state index in [1.807, 2.05) is 13.0 Å². The molecule has 0 fully saturated rings. The van der Waals surface area contributed by atoms with E-state index in [0.29, 0.717) is 20.3 Å². The third kappa shape index (κ3) is 3.34. The van der Waals surface area contributed by atoms with Crippen LogP contribution in [0.1, 0.15) is 5.56 Å². The van der Waals surface area contributed by atoms with Crippen LogP contribution >= 0.6 is 31.9 Å². The highest BCUT2D eigenvalue weighted by Crippen LogP contribution is 2.34. The van der Waals surface area contributed by atoms with E-state index in [2.05, 4.69) is 36.6 Å². The molecule has 106 valence electrons. The average Bonchev–Trinajstić information content (AvgIpc) is 2.34. The molecule has 0 atom stereocenters. The molecule has 0 aromatic heterocycles. The SMILES string of the molecule is Cc1cccc(S(=O)(=O)Nc2c(Br)cc(N)cc2Br)c1. The van der Waals surface area contributed by atoms with Crippen molar-refractivity contribution in [2.75, 3.05) is 10.5 Å². The van der Waals surface area contributed by atoms with Gasteiger partial charge in [-0.05, 0) is 68.6 Å². The summed E-state index contributed by atoms with van der Waals surface area (Å²) in [7, 11) is -3.64. The zero-order chi connectivity index (χ0) is 14.9. The average molecular weight is 420 g/mol. The fourth-order valence-electron chi connectivity index (χ4n) is 1.67. The Hall–Kier alpha value is -1.05. The summed E-state index contributed by atoms with van der Waals surface area (Å²) >= 11 is 6.60. The van der Waals surface area contributed by atoms with Gasteiger partial charge in [0.1, 0.15) is 0 Å². The van der Waals surface area contributed by atoms with Crippen molar-refractivity contribution >= 4 is 53.3 Å². The van der Waals surface area contributed by atoms with Crippen LogP contribution in [0.3, 0.4) is 0 Å². The zero-order valence-electron chi connectivity index (χ0n) is 10.5. The Morgan fingerprint density at radius 1 is 1.10 bits per heavy atom. The highest BCUT2D eigenvalue weighted by atomic mass is 79.9. The molecule has 0 amide bonds. The monoisotopic (exact) mass is 418 g/mol. The van der Waals surface area contributed by atoms with E-state index in [-0.39, 0.29) is 4.90 Å². The number of sulfonamides is 1. The van der Waals surface area contributed by atoms with E-state index < -0.39 is 10.0 Å². The van der Waals surface area contributed by atoms with Crippen LogP contribution in [0.15, 0.2) is 50.2 Å². The first-order valence-corrected chi connectivity index (χ1v) is 8.70. The molecule has 0 saturated heterocycles. The van der Waals surface area contributed by atoms with E-state index >= 15 is 0 Å². The Bertz CT molecular complexity index is 738. The first kappa shape index (κ1) is 15.3. The molecule has 0 heterocycles. The molecule has 20 heavy (non-hydrogen) atoms. The predicted molar refractivity (Wildman–Crippen MR) is 88.2 cm³/mol. The van der Waals surface area contributed by atoms with Gasteiger partial charge in [-0.3, -0.25) is 4.72 Å². The minimum absolute atomic E-state index is 0.216. The Balaban J connectivity index is 2.44. The van der Waals surface area contributed by atoms with Crippen molar-refractivity contribution in [1.82, 2.24) is 0 Å². The summed E-state index contributed by atoms with van der Waals surface area (Å²) < 4.78 is 28.4. The second-order valence-electron chi connectivity index (χ2n) is 4.28. The number of benzene rings is 2. The predicted octanol–water partition coefficient (Wildman–Crippen LogP) is 3.90. The molecule has 0 aliphatic heterocycles. The summed E-state index contributed by atoms with van der Waals surface area (Å²) in [6.45, 7) is 1.84. The minimum atomic E-state index is -3.64. The second-order valence-corrected chi connectivity index (χ2v) is 7.67. The molecular weight excluding hydrogens is 408 g/mol. The molecule has 0 bridgehead atoms. The number of hydrogen-bond acceptors (Lipinski definition) is 3. The number of hydrogen-bond donors (Lipinski definition) is 2. The quantitative estimate of drug-likeness (QED) is 0.741. The molecule has 2 rings (SSSR count). The fraction of sp³-hybridized carbons (Fsp3) is 0.0769. The first-order valence-electron chi connectivity index (χ1n) is 5.63. The Morgan fingerprint density at radius 3 is 2.25 bits per heavy atom. The number of aryl methyl sites for hydroxylation is 1. The van der Waals surface area contributed by atoms with Crippen LogP contribution in [-0.2, 0) is 10.0 Å². The molecule has 2 aromatic rings. The number of anilines is 2. The number of nitrogens with two attached hydrogens (primary N) is 1. The number of halogens is 2. The standard InChI is InChI=1S/C13H12Br2N2O2S/c1-8-3-2-4-10(5-8)20(18,19)17-13-11(14)6-9(16)7-12(13)15/h2-7,17H,16H2,1H3. The number of nitrogen functional groups attached to an aromatic ring is 1. The lowest BCUT2D eigenvalue weighted by atomic mass is 10.2. The van der Waals surface area contributed by atoms with Crippen LogP contribution in [0.4, 0.5) is 11.4 Å². The molecule has 0 aliphatic rings. The molecule has 0 spiro atoms. The van der Waals surface area contributed by atoms with E-state index in [1.54, 1.807) is 30.3 Å². The van der Waals surface area contributed by atoms with Gasteiger partial charge >= 0.3 is 0 Å². The third-order valence-electron chi connectivity index (χ3n) is 2.60. The maximum absolute atomic E-state index is 12.4. The van der Waals surface area contributed by atoms with Crippen molar-refractivity contribution in [2.45, 2.75) is 11.8 Å². The highest BCUT2D eigenvalue weighted by molar-refractivity contribution is 9.11. The van der Waals surface area contributed by atoms with Gasteiger partial charge in [-0.25, -0.2) is 8.42 Å². The number of rotatable bonds is 3. The van der Waals surface area contributed by atoms with Gasteiger partial charge in [-0.2, -0.15) is 0 Å². The van der Waals surface area contributed by atoms with Gasteiger partial charge in [0.05, 0.1) is 10.6 Å². The van der Waals surface area contributed by atoms with E-state index in [0.717, 1.165) is 5.56 Å². The Kier molecular flexibility index (Phi) is 4.41. The minimum Gasteiger partial charge on any atom is -0.399 e. The molecule has 2 aromatic carbocycles. The van der Waals surface area contributed by atoms with Gasteiger partial charge in [0, 0.05) is 14.6 Å². The lowest BCUT2D eigenvalue weighted by molar-refractivity contribution is 0.601. The van der Waals surface area contributed by atoms with Crippen LogP contribution < -0.4 is 10.5 Å². The molecular formula is C13H12Br2N2O2S. The summed E-state index contributed by atoms with van der Waals surface area (Å²) in [5, 5.41) is 0. The fourth-order valence-corrected chi connectivity index (χ4v) is 4.55. The molecule has 7 heteroatoms. The van der Waals surface area contributed by atoms with Gasteiger partial charge in [-0.1, -0.05) is 12.1 Å². The summed E-state index contributed by atoms with van der Waals surface area (Å²) in [6, 6.07) is 9.98. The van der Waals surface area contributed by atoms with Crippen molar-refractivity contribution in [1.29, 1.82) is 0 Å². The topological polar surface area (TPSA) is 72.2 Å². The molecule has 4 nitrogen and oxygen atoms in total. The zero-order valence-corrected chi connectivity index (χ0v) is 14.5. The summed E-state index contributed by atoms with van der Waals surface area (Å²) in [5.41, 5.74) is 7.51.